The SMILES string of the molecule is COc1ccc(-c2ccccc2)c(P(=O)(c2ccccc2)c2ccccc2)c1-c1c(OC)ccc(-c2ccccc2)c1P(=O)(c1ccccc1)c1ccccc1. The van der Waals surface area contributed by atoms with E-state index >= 15 is 9.13 Å². The highest BCUT2D eigenvalue weighted by molar-refractivity contribution is 7.86. The maximum atomic E-state index is 17.0. The van der Waals surface area contributed by atoms with Gasteiger partial charge in [-0.15, -0.1) is 0 Å². The molecule has 0 fully saturated rings. The van der Waals surface area contributed by atoms with Gasteiger partial charge in [0.25, 0.3) is 0 Å². The Morgan fingerprint density at radius 1 is 0.321 bits per heavy atom. The van der Waals surface area contributed by atoms with Crippen molar-refractivity contribution in [3.63, 3.8) is 0 Å². The number of rotatable bonds is 11. The van der Waals surface area contributed by atoms with E-state index in [0.717, 1.165) is 22.3 Å². The van der Waals surface area contributed by atoms with Gasteiger partial charge in [0.2, 0.25) is 0 Å². The van der Waals surface area contributed by atoms with E-state index in [9.17, 15) is 0 Å². The molecule has 0 saturated carbocycles. The highest BCUT2D eigenvalue weighted by Crippen LogP contribution is 2.55. The first-order valence-electron chi connectivity index (χ1n) is 18.5. The van der Waals surface area contributed by atoms with Crippen LogP contribution >= 0.6 is 14.3 Å². The average Bonchev–Trinajstić information content (AvgIpc) is 3.29. The van der Waals surface area contributed by atoms with Crippen LogP contribution in [0.3, 0.4) is 0 Å². The van der Waals surface area contributed by atoms with Crippen LogP contribution in [0.2, 0.25) is 0 Å². The predicted molar refractivity (Wildman–Crippen MR) is 235 cm³/mol. The summed E-state index contributed by atoms with van der Waals surface area (Å²) >= 11 is 0. The summed E-state index contributed by atoms with van der Waals surface area (Å²) in [7, 11) is -4.31. The van der Waals surface area contributed by atoms with Gasteiger partial charge in [0.05, 0.1) is 14.2 Å². The summed E-state index contributed by atoms with van der Waals surface area (Å²) in [5.74, 6) is 0.952. The van der Waals surface area contributed by atoms with Crippen LogP contribution in [0, 0.1) is 0 Å². The first-order valence-corrected chi connectivity index (χ1v) is 21.9. The van der Waals surface area contributed by atoms with E-state index in [1.165, 1.54) is 0 Å². The normalized spacial score (nSPS) is 11.5. The minimum atomic E-state index is -3.78. The van der Waals surface area contributed by atoms with Gasteiger partial charge in [-0.1, -0.05) is 182 Å². The lowest BCUT2D eigenvalue weighted by molar-refractivity contribution is 0.411. The molecule has 8 aromatic rings. The van der Waals surface area contributed by atoms with Gasteiger partial charge in [-0.25, -0.2) is 0 Å². The summed E-state index contributed by atoms with van der Waals surface area (Å²) in [6.07, 6.45) is 0. The Bertz CT molecular complexity index is 2410. The minimum Gasteiger partial charge on any atom is -0.496 e. The Morgan fingerprint density at radius 2 is 0.571 bits per heavy atom. The number of methoxy groups -OCH3 is 2. The molecule has 4 nitrogen and oxygen atoms in total. The molecule has 0 bridgehead atoms. The highest BCUT2D eigenvalue weighted by Gasteiger charge is 2.42. The van der Waals surface area contributed by atoms with E-state index < -0.39 is 14.3 Å². The van der Waals surface area contributed by atoms with Gasteiger partial charge < -0.3 is 18.6 Å². The standard InChI is InChI=1S/C50H40O4P2/c1-53-45-35-33-43(37-21-9-3-10-22-37)49(55(51,39-25-13-5-14-26-39)40-27-15-6-16-28-40)47(45)48-46(54-2)36-34-44(38-23-11-4-12-24-38)50(48)56(52,41-29-17-7-18-30-41)42-31-19-8-20-32-42/h3-36H,1-2H3. The van der Waals surface area contributed by atoms with Crippen LogP contribution in [-0.4, -0.2) is 14.2 Å². The number of hydrogen-bond acceptors (Lipinski definition) is 4. The average molecular weight is 767 g/mol. The molecule has 8 aromatic carbocycles. The summed E-state index contributed by atoms with van der Waals surface area (Å²) in [5, 5.41) is 3.77. The Morgan fingerprint density at radius 3 is 0.821 bits per heavy atom. The van der Waals surface area contributed by atoms with Crippen molar-refractivity contribution in [2.24, 2.45) is 0 Å². The summed E-state index contributed by atoms with van der Waals surface area (Å²) in [6.45, 7) is 0. The van der Waals surface area contributed by atoms with Crippen LogP contribution in [0.15, 0.2) is 206 Å². The number of ether oxygens (including phenoxy) is 2. The van der Waals surface area contributed by atoms with Crippen LogP contribution < -0.4 is 41.3 Å². The number of hydrogen-bond donors (Lipinski definition) is 0. The fraction of sp³-hybridized carbons (Fsp3) is 0.0400. The zero-order valence-corrected chi connectivity index (χ0v) is 32.9. The maximum absolute atomic E-state index is 17.0. The molecule has 56 heavy (non-hydrogen) atoms. The third-order valence-corrected chi connectivity index (χ3v) is 16.5. The van der Waals surface area contributed by atoms with Gasteiger partial charge >= 0.3 is 0 Å². The second kappa shape index (κ2) is 15.9. The van der Waals surface area contributed by atoms with Crippen LogP contribution in [0.5, 0.6) is 11.5 Å². The molecule has 0 spiro atoms. The van der Waals surface area contributed by atoms with Gasteiger partial charge in [0.15, 0.2) is 14.3 Å². The van der Waals surface area contributed by atoms with Crippen LogP contribution in [-0.2, 0) is 9.13 Å². The van der Waals surface area contributed by atoms with Crippen molar-refractivity contribution in [3.8, 4) is 44.9 Å². The first kappa shape index (κ1) is 36.8. The van der Waals surface area contributed by atoms with Gasteiger partial charge in [-0.2, -0.15) is 0 Å². The molecule has 274 valence electrons. The smallest absolute Gasteiger partial charge is 0.172 e. The van der Waals surface area contributed by atoms with Crippen molar-refractivity contribution < 1.29 is 18.6 Å². The van der Waals surface area contributed by atoms with Crippen LogP contribution in [0.4, 0.5) is 0 Å². The summed E-state index contributed by atoms with van der Waals surface area (Å²) in [4.78, 5) is 0. The molecule has 0 aliphatic heterocycles. The lowest BCUT2D eigenvalue weighted by atomic mass is 9.94. The van der Waals surface area contributed by atoms with Crippen molar-refractivity contribution in [1.29, 1.82) is 0 Å². The Balaban J connectivity index is 1.66. The largest absolute Gasteiger partial charge is 0.496 e. The summed E-state index contributed by atoms with van der Waals surface area (Å²) < 4.78 is 46.6. The van der Waals surface area contributed by atoms with E-state index in [1.807, 2.05) is 206 Å². The van der Waals surface area contributed by atoms with Crippen LogP contribution in [0.1, 0.15) is 0 Å². The van der Waals surface area contributed by atoms with Gasteiger partial charge in [-0.3, -0.25) is 0 Å². The molecule has 8 rings (SSSR count). The van der Waals surface area contributed by atoms with Gasteiger partial charge in [-0.05, 0) is 46.5 Å². The molecular weight excluding hydrogens is 726 g/mol. The molecule has 0 unspecified atom stereocenters. The second-order valence-electron chi connectivity index (χ2n) is 13.4. The molecule has 6 heteroatoms. The highest BCUT2D eigenvalue weighted by atomic mass is 31.2. The van der Waals surface area contributed by atoms with E-state index in [4.69, 9.17) is 9.47 Å². The minimum absolute atomic E-state index is 0.476. The zero-order valence-electron chi connectivity index (χ0n) is 31.2. The van der Waals surface area contributed by atoms with Crippen molar-refractivity contribution in [2.45, 2.75) is 0 Å². The molecule has 0 radical (unpaired) electrons. The molecule has 0 aliphatic rings. The molecule has 0 heterocycles. The lowest BCUT2D eigenvalue weighted by Gasteiger charge is -2.31. The molecule has 0 aromatic heterocycles. The number of benzene rings is 8. The molecule has 0 N–H and O–H groups in total. The quantitative estimate of drug-likeness (QED) is 0.123. The van der Waals surface area contributed by atoms with Gasteiger partial charge in [0, 0.05) is 43.0 Å². The van der Waals surface area contributed by atoms with Crippen molar-refractivity contribution in [3.05, 3.63) is 206 Å². The predicted octanol–water partition coefficient (Wildman–Crippen LogP) is 9.98. The van der Waals surface area contributed by atoms with Gasteiger partial charge in [0.1, 0.15) is 11.5 Å². The molecule has 0 atom stereocenters. The summed E-state index contributed by atoms with van der Waals surface area (Å²) in [5.41, 5.74) is 4.41. The molecule has 0 amide bonds. The topological polar surface area (TPSA) is 52.6 Å². The van der Waals surface area contributed by atoms with E-state index in [2.05, 4.69) is 0 Å². The second-order valence-corrected chi connectivity index (χ2v) is 18.8. The monoisotopic (exact) mass is 766 g/mol. The summed E-state index contributed by atoms with van der Waals surface area (Å²) in [6, 6.07) is 66.5. The van der Waals surface area contributed by atoms with E-state index in [-0.39, 0.29) is 0 Å². The third kappa shape index (κ3) is 6.42. The Hall–Kier alpha value is -6.18. The van der Waals surface area contributed by atoms with E-state index in [0.29, 0.717) is 54.5 Å². The van der Waals surface area contributed by atoms with Crippen molar-refractivity contribution >= 4 is 46.1 Å². The molecule has 0 aliphatic carbocycles. The molecular formula is C50H40O4P2. The first-order chi connectivity index (χ1) is 27.5. The Kier molecular flexibility index (Phi) is 10.4. The third-order valence-electron chi connectivity index (χ3n) is 10.2. The fourth-order valence-corrected chi connectivity index (χ4v) is 13.8. The Labute approximate surface area is 328 Å². The lowest BCUT2D eigenvalue weighted by Crippen LogP contribution is -2.32. The zero-order chi connectivity index (χ0) is 38.5. The van der Waals surface area contributed by atoms with Crippen LogP contribution in [0.25, 0.3) is 33.4 Å². The van der Waals surface area contributed by atoms with Crippen molar-refractivity contribution in [2.75, 3.05) is 14.2 Å². The van der Waals surface area contributed by atoms with E-state index in [1.54, 1.807) is 14.2 Å². The fourth-order valence-electron chi connectivity index (χ4n) is 7.69. The molecule has 0 saturated heterocycles. The van der Waals surface area contributed by atoms with Crippen molar-refractivity contribution in [1.82, 2.24) is 0 Å². The maximum Gasteiger partial charge on any atom is 0.172 e.